The molecule has 0 unspecified atom stereocenters. The lowest BCUT2D eigenvalue weighted by Crippen LogP contribution is -2.46. The summed E-state index contributed by atoms with van der Waals surface area (Å²) in [5, 5.41) is 4.02. The van der Waals surface area contributed by atoms with E-state index in [0.29, 0.717) is 5.95 Å². The minimum atomic E-state index is 0.672. The van der Waals surface area contributed by atoms with Gasteiger partial charge in [-0.25, -0.2) is 4.98 Å². The van der Waals surface area contributed by atoms with Crippen molar-refractivity contribution in [3.05, 3.63) is 41.6 Å². The molecular formula is C18H24ClN5O. The molecule has 7 heteroatoms. The third kappa shape index (κ3) is 4.96. The first kappa shape index (κ1) is 17.8. The predicted molar refractivity (Wildman–Crippen MR) is 103 cm³/mol. The van der Waals surface area contributed by atoms with Gasteiger partial charge in [0, 0.05) is 63.3 Å². The minimum Gasteiger partial charge on any atom is -0.385 e. The molecular weight excluding hydrogens is 338 g/mol. The number of hydrogen-bond acceptors (Lipinski definition) is 6. The maximum Gasteiger partial charge on any atom is 0.224 e. The van der Waals surface area contributed by atoms with Crippen LogP contribution in [0, 0.1) is 0 Å². The van der Waals surface area contributed by atoms with Crippen LogP contribution in [-0.2, 0) is 4.74 Å². The summed E-state index contributed by atoms with van der Waals surface area (Å²) in [6.07, 6.45) is 2.74. The SMILES string of the molecule is COCCCNc1nccc(N2CCN(c3cccc(Cl)c3)CC2)n1. The Morgan fingerprint density at radius 3 is 2.72 bits per heavy atom. The number of nitrogens with one attached hydrogen (secondary N) is 1. The van der Waals surface area contributed by atoms with Gasteiger partial charge in [-0.05, 0) is 30.7 Å². The molecule has 1 aliphatic heterocycles. The standard InChI is InChI=1S/C18H24ClN5O/c1-25-13-3-7-20-18-21-8-6-17(22-18)24-11-9-23(10-12-24)16-5-2-4-15(19)14-16/h2,4-6,8,14H,3,7,9-13H2,1H3,(H,20,21,22). The second kappa shape index (κ2) is 8.87. The molecule has 1 aromatic heterocycles. The van der Waals surface area contributed by atoms with Crippen LogP contribution in [0.3, 0.4) is 0 Å². The van der Waals surface area contributed by atoms with Crippen molar-refractivity contribution in [2.24, 2.45) is 0 Å². The molecule has 0 bridgehead atoms. The van der Waals surface area contributed by atoms with Crippen LogP contribution in [0.25, 0.3) is 0 Å². The van der Waals surface area contributed by atoms with Crippen molar-refractivity contribution in [1.29, 1.82) is 0 Å². The summed E-state index contributed by atoms with van der Waals surface area (Å²) in [4.78, 5) is 13.6. The van der Waals surface area contributed by atoms with Crippen molar-refractivity contribution in [2.45, 2.75) is 6.42 Å². The number of rotatable bonds is 7. The number of aromatic nitrogens is 2. The Hall–Kier alpha value is -2.05. The average molecular weight is 362 g/mol. The van der Waals surface area contributed by atoms with E-state index in [0.717, 1.165) is 56.6 Å². The van der Waals surface area contributed by atoms with Gasteiger partial charge >= 0.3 is 0 Å². The number of halogens is 1. The molecule has 0 amide bonds. The number of methoxy groups -OCH3 is 1. The fraction of sp³-hybridized carbons (Fsp3) is 0.444. The van der Waals surface area contributed by atoms with Gasteiger partial charge in [-0.15, -0.1) is 0 Å². The molecule has 1 saturated heterocycles. The molecule has 1 aliphatic rings. The third-order valence-corrected chi connectivity index (χ3v) is 4.46. The van der Waals surface area contributed by atoms with Gasteiger partial charge in [-0.1, -0.05) is 17.7 Å². The summed E-state index contributed by atoms with van der Waals surface area (Å²) in [5.41, 5.74) is 1.18. The van der Waals surface area contributed by atoms with Crippen LogP contribution >= 0.6 is 11.6 Å². The Balaban J connectivity index is 1.55. The molecule has 0 spiro atoms. The molecule has 1 fully saturated rings. The highest BCUT2D eigenvalue weighted by molar-refractivity contribution is 6.30. The first-order chi connectivity index (χ1) is 12.3. The van der Waals surface area contributed by atoms with Crippen molar-refractivity contribution >= 4 is 29.1 Å². The Kier molecular flexibility index (Phi) is 6.30. The highest BCUT2D eigenvalue weighted by Crippen LogP contribution is 2.22. The maximum absolute atomic E-state index is 6.10. The second-order valence-corrected chi connectivity index (χ2v) is 6.40. The number of ether oxygens (including phenoxy) is 1. The van der Waals surface area contributed by atoms with E-state index in [1.54, 1.807) is 7.11 Å². The Bertz CT molecular complexity index is 676. The smallest absolute Gasteiger partial charge is 0.224 e. The van der Waals surface area contributed by atoms with Crippen molar-refractivity contribution in [2.75, 3.05) is 61.6 Å². The summed E-state index contributed by atoms with van der Waals surface area (Å²) in [5.74, 6) is 1.64. The number of benzene rings is 1. The van der Waals surface area contributed by atoms with E-state index >= 15 is 0 Å². The predicted octanol–water partition coefficient (Wildman–Crippen LogP) is 2.91. The van der Waals surface area contributed by atoms with Crippen LogP contribution in [-0.4, -0.2) is 56.4 Å². The van der Waals surface area contributed by atoms with Gasteiger partial charge in [-0.2, -0.15) is 4.98 Å². The highest BCUT2D eigenvalue weighted by atomic mass is 35.5. The van der Waals surface area contributed by atoms with Crippen molar-refractivity contribution in [3.8, 4) is 0 Å². The summed E-state index contributed by atoms with van der Waals surface area (Å²) in [6.45, 7) is 5.28. The van der Waals surface area contributed by atoms with E-state index in [2.05, 4.69) is 31.2 Å². The molecule has 1 aromatic carbocycles. The molecule has 1 N–H and O–H groups in total. The van der Waals surface area contributed by atoms with Crippen LogP contribution in [0.4, 0.5) is 17.5 Å². The Morgan fingerprint density at radius 2 is 1.96 bits per heavy atom. The third-order valence-electron chi connectivity index (χ3n) is 4.23. The lowest BCUT2D eigenvalue weighted by molar-refractivity contribution is 0.197. The van der Waals surface area contributed by atoms with Gasteiger partial charge in [0.2, 0.25) is 5.95 Å². The quantitative estimate of drug-likeness (QED) is 0.765. The van der Waals surface area contributed by atoms with E-state index in [9.17, 15) is 0 Å². The topological polar surface area (TPSA) is 53.5 Å². The summed E-state index contributed by atoms with van der Waals surface area (Å²) in [7, 11) is 1.71. The zero-order chi connectivity index (χ0) is 17.5. The Morgan fingerprint density at radius 1 is 1.16 bits per heavy atom. The average Bonchev–Trinajstić information content (AvgIpc) is 2.66. The molecule has 0 radical (unpaired) electrons. The van der Waals surface area contributed by atoms with Crippen molar-refractivity contribution in [3.63, 3.8) is 0 Å². The van der Waals surface area contributed by atoms with Crippen LogP contribution in [0.5, 0.6) is 0 Å². The van der Waals surface area contributed by atoms with E-state index in [4.69, 9.17) is 16.3 Å². The zero-order valence-corrected chi connectivity index (χ0v) is 15.2. The van der Waals surface area contributed by atoms with E-state index < -0.39 is 0 Å². The van der Waals surface area contributed by atoms with E-state index in [-0.39, 0.29) is 0 Å². The molecule has 134 valence electrons. The molecule has 6 nitrogen and oxygen atoms in total. The molecule has 0 aliphatic carbocycles. The fourth-order valence-electron chi connectivity index (χ4n) is 2.89. The van der Waals surface area contributed by atoms with Gasteiger partial charge in [0.1, 0.15) is 5.82 Å². The minimum absolute atomic E-state index is 0.672. The van der Waals surface area contributed by atoms with Crippen LogP contribution in [0.2, 0.25) is 5.02 Å². The number of nitrogens with zero attached hydrogens (tertiary/aromatic N) is 4. The Labute approximate surface area is 153 Å². The second-order valence-electron chi connectivity index (χ2n) is 5.97. The lowest BCUT2D eigenvalue weighted by Gasteiger charge is -2.36. The normalized spacial score (nSPS) is 14.6. The highest BCUT2D eigenvalue weighted by Gasteiger charge is 2.18. The number of anilines is 3. The van der Waals surface area contributed by atoms with Gasteiger partial charge in [0.15, 0.2) is 0 Å². The van der Waals surface area contributed by atoms with Gasteiger partial charge in [-0.3, -0.25) is 0 Å². The van der Waals surface area contributed by atoms with Crippen LogP contribution in [0.1, 0.15) is 6.42 Å². The molecule has 2 heterocycles. The first-order valence-electron chi connectivity index (χ1n) is 8.57. The van der Waals surface area contributed by atoms with Gasteiger partial charge < -0.3 is 19.9 Å². The zero-order valence-electron chi connectivity index (χ0n) is 14.5. The van der Waals surface area contributed by atoms with E-state index in [1.165, 1.54) is 5.69 Å². The maximum atomic E-state index is 6.10. The summed E-state index contributed by atoms with van der Waals surface area (Å²) < 4.78 is 5.05. The molecule has 0 saturated carbocycles. The molecule has 2 aromatic rings. The molecule has 0 atom stereocenters. The van der Waals surface area contributed by atoms with E-state index in [1.807, 2.05) is 30.5 Å². The largest absolute Gasteiger partial charge is 0.385 e. The number of hydrogen-bond donors (Lipinski definition) is 1. The lowest BCUT2D eigenvalue weighted by atomic mass is 10.2. The first-order valence-corrected chi connectivity index (χ1v) is 8.95. The monoisotopic (exact) mass is 361 g/mol. The van der Waals surface area contributed by atoms with Gasteiger partial charge in [0.05, 0.1) is 0 Å². The van der Waals surface area contributed by atoms with Gasteiger partial charge in [0.25, 0.3) is 0 Å². The number of piperazine rings is 1. The van der Waals surface area contributed by atoms with Crippen LogP contribution in [0.15, 0.2) is 36.5 Å². The molecule has 25 heavy (non-hydrogen) atoms. The van der Waals surface area contributed by atoms with Crippen LogP contribution < -0.4 is 15.1 Å². The van der Waals surface area contributed by atoms with Crippen molar-refractivity contribution < 1.29 is 4.74 Å². The summed E-state index contributed by atoms with van der Waals surface area (Å²) in [6, 6.07) is 9.99. The molecule has 3 rings (SSSR count). The van der Waals surface area contributed by atoms with Crippen molar-refractivity contribution in [1.82, 2.24) is 9.97 Å². The summed E-state index contributed by atoms with van der Waals surface area (Å²) >= 11 is 6.10. The fourth-order valence-corrected chi connectivity index (χ4v) is 3.08.